The third-order valence-corrected chi connectivity index (χ3v) is 5.44. The molecule has 0 aliphatic carbocycles. The van der Waals surface area contributed by atoms with Gasteiger partial charge in [0.2, 0.25) is 0 Å². The normalized spacial score (nSPS) is 12.8. The zero-order chi connectivity index (χ0) is 12.6. The summed E-state index contributed by atoms with van der Waals surface area (Å²) in [6.45, 7) is 1.99. The molecule has 0 saturated carbocycles. The topological polar surface area (TPSA) is 20.2 Å². The van der Waals surface area contributed by atoms with Crippen LogP contribution in [-0.4, -0.2) is 5.11 Å². The second kappa shape index (κ2) is 5.29. The van der Waals surface area contributed by atoms with Crippen LogP contribution in [0.25, 0.3) is 0 Å². The standard InChI is InChI=1S/C12H9BrCl2OS/c1-6-8(13)5-10(17-6)12(16)7-3-2-4-9(14)11(7)15/h2-5,12,16H,1H3. The Kier molecular flexibility index (Phi) is 4.16. The summed E-state index contributed by atoms with van der Waals surface area (Å²) in [6.07, 6.45) is -0.740. The van der Waals surface area contributed by atoms with Gasteiger partial charge in [-0.3, -0.25) is 0 Å². The fraction of sp³-hybridized carbons (Fsp3) is 0.167. The molecule has 2 aromatic rings. The molecular weight excluding hydrogens is 343 g/mol. The van der Waals surface area contributed by atoms with Crippen LogP contribution in [0.2, 0.25) is 10.0 Å². The van der Waals surface area contributed by atoms with Gasteiger partial charge in [0.15, 0.2) is 0 Å². The lowest BCUT2D eigenvalue weighted by atomic mass is 10.1. The molecular formula is C12H9BrCl2OS. The molecule has 0 saturated heterocycles. The maximum atomic E-state index is 10.3. The Morgan fingerprint density at radius 1 is 1.35 bits per heavy atom. The van der Waals surface area contributed by atoms with Gasteiger partial charge in [-0.05, 0) is 35.0 Å². The van der Waals surface area contributed by atoms with Gasteiger partial charge in [0.05, 0.1) is 10.0 Å². The maximum absolute atomic E-state index is 10.3. The zero-order valence-corrected chi connectivity index (χ0v) is 12.8. The molecule has 0 radical (unpaired) electrons. The molecule has 17 heavy (non-hydrogen) atoms. The van der Waals surface area contributed by atoms with Crippen LogP contribution in [0, 0.1) is 6.92 Å². The van der Waals surface area contributed by atoms with E-state index < -0.39 is 6.10 Å². The van der Waals surface area contributed by atoms with Crippen molar-refractivity contribution in [2.45, 2.75) is 13.0 Å². The minimum Gasteiger partial charge on any atom is -0.383 e. The monoisotopic (exact) mass is 350 g/mol. The summed E-state index contributed by atoms with van der Waals surface area (Å²) in [5.41, 5.74) is 0.632. The molecule has 0 bridgehead atoms. The van der Waals surface area contributed by atoms with Crippen LogP contribution >= 0.6 is 50.5 Å². The van der Waals surface area contributed by atoms with E-state index in [0.29, 0.717) is 15.6 Å². The van der Waals surface area contributed by atoms with Crippen molar-refractivity contribution in [1.29, 1.82) is 0 Å². The summed E-state index contributed by atoms with van der Waals surface area (Å²) < 4.78 is 0.995. The molecule has 1 atom stereocenters. The molecule has 5 heteroatoms. The molecule has 1 aromatic carbocycles. The van der Waals surface area contributed by atoms with E-state index in [9.17, 15) is 5.11 Å². The highest BCUT2D eigenvalue weighted by Crippen LogP contribution is 2.37. The van der Waals surface area contributed by atoms with Crippen molar-refractivity contribution in [2.24, 2.45) is 0 Å². The van der Waals surface area contributed by atoms with Crippen molar-refractivity contribution in [3.8, 4) is 0 Å². The molecule has 1 aromatic heterocycles. The van der Waals surface area contributed by atoms with Gasteiger partial charge in [0.1, 0.15) is 6.10 Å². The Morgan fingerprint density at radius 3 is 2.65 bits per heavy atom. The number of hydrogen-bond donors (Lipinski definition) is 1. The van der Waals surface area contributed by atoms with Crippen molar-refractivity contribution < 1.29 is 5.11 Å². The Hall–Kier alpha value is -0.0600. The largest absolute Gasteiger partial charge is 0.383 e. The minimum atomic E-state index is -0.740. The Labute approximate surface area is 122 Å². The van der Waals surface area contributed by atoms with Crippen LogP contribution in [-0.2, 0) is 0 Å². The number of benzene rings is 1. The SMILES string of the molecule is Cc1sc(C(O)c2cccc(Cl)c2Cl)cc1Br. The second-order valence-electron chi connectivity index (χ2n) is 3.60. The van der Waals surface area contributed by atoms with Gasteiger partial charge in [0.25, 0.3) is 0 Å². The van der Waals surface area contributed by atoms with Gasteiger partial charge in [0, 0.05) is 19.8 Å². The third-order valence-electron chi connectivity index (χ3n) is 2.42. The summed E-state index contributed by atoms with van der Waals surface area (Å²) >= 11 is 17.0. The van der Waals surface area contributed by atoms with Crippen LogP contribution in [0.4, 0.5) is 0 Å². The van der Waals surface area contributed by atoms with Crippen LogP contribution < -0.4 is 0 Å². The lowest BCUT2D eigenvalue weighted by molar-refractivity contribution is 0.224. The number of aliphatic hydroxyl groups excluding tert-OH is 1. The Morgan fingerprint density at radius 2 is 2.06 bits per heavy atom. The van der Waals surface area contributed by atoms with E-state index >= 15 is 0 Å². The van der Waals surface area contributed by atoms with Gasteiger partial charge < -0.3 is 5.11 Å². The molecule has 0 amide bonds. The van der Waals surface area contributed by atoms with Gasteiger partial charge in [-0.25, -0.2) is 0 Å². The predicted molar refractivity (Wildman–Crippen MR) is 77.3 cm³/mol. The van der Waals surface area contributed by atoms with Crippen LogP contribution in [0.3, 0.4) is 0 Å². The van der Waals surface area contributed by atoms with Gasteiger partial charge in [-0.15, -0.1) is 11.3 Å². The number of rotatable bonds is 2. The minimum absolute atomic E-state index is 0.406. The first-order valence-electron chi connectivity index (χ1n) is 4.88. The number of thiophene rings is 1. The van der Waals surface area contributed by atoms with Crippen molar-refractivity contribution in [2.75, 3.05) is 0 Å². The molecule has 90 valence electrons. The van der Waals surface area contributed by atoms with Crippen molar-refractivity contribution in [3.05, 3.63) is 54.1 Å². The zero-order valence-electron chi connectivity index (χ0n) is 8.88. The van der Waals surface area contributed by atoms with Crippen LogP contribution in [0.5, 0.6) is 0 Å². The Bertz CT molecular complexity index is 534. The fourth-order valence-corrected chi connectivity index (χ4v) is 3.48. The van der Waals surface area contributed by atoms with E-state index in [1.165, 1.54) is 11.3 Å². The first-order valence-corrected chi connectivity index (χ1v) is 7.25. The number of aliphatic hydroxyl groups is 1. The summed E-state index contributed by atoms with van der Waals surface area (Å²) in [7, 11) is 0. The summed E-state index contributed by atoms with van der Waals surface area (Å²) in [6, 6.07) is 7.17. The quantitative estimate of drug-likeness (QED) is 0.787. The van der Waals surface area contributed by atoms with E-state index in [1.807, 2.05) is 13.0 Å². The van der Waals surface area contributed by atoms with E-state index in [2.05, 4.69) is 15.9 Å². The molecule has 0 aliphatic rings. The van der Waals surface area contributed by atoms with Crippen molar-refractivity contribution >= 4 is 50.5 Å². The van der Waals surface area contributed by atoms with E-state index in [0.717, 1.165) is 14.2 Å². The van der Waals surface area contributed by atoms with Crippen LogP contribution in [0.15, 0.2) is 28.7 Å². The highest BCUT2D eigenvalue weighted by molar-refractivity contribution is 9.10. The predicted octanol–water partition coefficient (Wildman–Crippen LogP) is 5.21. The summed E-state index contributed by atoms with van der Waals surface area (Å²) in [4.78, 5) is 1.97. The lowest BCUT2D eigenvalue weighted by Crippen LogP contribution is -1.98. The van der Waals surface area contributed by atoms with E-state index in [-0.39, 0.29) is 0 Å². The lowest BCUT2D eigenvalue weighted by Gasteiger charge is -2.11. The average Bonchev–Trinajstić information content (AvgIpc) is 2.62. The smallest absolute Gasteiger partial charge is 0.115 e. The molecule has 0 spiro atoms. The number of aryl methyl sites for hydroxylation is 1. The molecule has 1 nitrogen and oxygen atoms in total. The molecule has 2 rings (SSSR count). The highest BCUT2D eigenvalue weighted by Gasteiger charge is 2.18. The Balaban J connectivity index is 2.43. The summed E-state index contributed by atoms with van der Waals surface area (Å²) in [5.74, 6) is 0. The average molecular weight is 352 g/mol. The third kappa shape index (κ3) is 2.69. The number of hydrogen-bond acceptors (Lipinski definition) is 2. The number of halogens is 3. The second-order valence-corrected chi connectivity index (χ2v) is 6.53. The fourth-order valence-electron chi connectivity index (χ4n) is 1.50. The summed E-state index contributed by atoms with van der Waals surface area (Å²) in [5, 5.41) is 11.1. The van der Waals surface area contributed by atoms with Gasteiger partial charge in [-0.2, -0.15) is 0 Å². The molecule has 0 fully saturated rings. The van der Waals surface area contributed by atoms with E-state index in [1.54, 1.807) is 18.2 Å². The molecule has 1 N–H and O–H groups in total. The molecule has 1 heterocycles. The van der Waals surface area contributed by atoms with Gasteiger partial charge >= 0.3 is 0 Å². The first-order chi connectivity index (χ1) is 8.00. The van der Waals surface area contributed by atoms with E-state index in [4.69, 9.17) is 23.2 Å². The van der Waals surface area contributed by atoms with Crippen molar-refractivity contribution in [1.82, 2.24) is 0 Å². The molecule has 0 aliphatic heterocycles. The first kappa shape index (κ1) is 13.4. The van der Waals surface area contributed by atoms with Crippen LogP contribution in [0.1, 0.15) is 21.4 Å². The molecule has 1 unspecified atom stereocenters. The highest BCUT2D eigenvalue weighted by atomic mass is 79.9. The maximum Gasteiger partial charge on any atom is 0.115 e. The van der Waals surface area contributed by atoms with Gasteiger partial charge in [-0.1, -0.05) is 35.3 Å². The van der Waals surface area contributed by atoms with Crippen molar-refractivity contribution in [3.63, 3.8) is 0 Å².